The maximum atomic E-state index is 4.07. The van der Waals surface area contributed by atoms with Crippen molar-refractivity contribution in [1.29, 1.82) is 0 Å². The lowest BCUT2D eigenvalue weighted by Gasteiger charge is -1.56. The summed E-state index contributed by atoms with van der Waals surface area (Å²) in [6.07, 6.45) is 0. The second kappa shape index (κ2) is 0.971. The van der Waals surface area contributed by atoms with Crippen molar-refractivity contribution < 1.29 is 0 Å². The minimum atomic E-state index is 0.171. The molecule has 1 rings (SSSR count). The van der Waals surface area contributed by atoms with Gasteiger partial charge in [-0.2, -0.15) is 0 Å². The van der Waals surface area contributed by atoms with Crippen LogP contribution in [0.3, 0.4) is 0 Å². The third-order valence-corrected chi connectivity index (χ3v) is 3.83. The molecular formula is CH2P2S. The Bertz CT molecular complexity index is 44.0. The fourth-order valence-electron chi connectivity index (χ4n) is 0.0231. The van der Waals surface area contributed by atoms with E-state index in [1.165, 1.54) is 7.89 Å². The van der Waals surface area contributed by atoms with Gasteiger partial charge in [0.2, 0.25) is 0 Å². The van der Waals surface area contributed by atoms with Crippen molar-refractivity contribution >= 4 is 32.5 Å². The maximum Gasteiger partial charge on any atom is 0.0314 e. The van der Waals surface area contributed by atoms with Gasteiger partial charge in [0.05, 0.1) is 0 Å². The van der Waals surface area contributed by atoms with E-state index in [2.05, 4.69) is 17.8 Å². The molecule has 0 amide bonds. The number of rotatable bonds is 0. The summed E-state index contributed by atoms with van der Waals surface area (Å²) in [6, 6.07) is 0. The molecule has 0 saturated carbocycles. The molecule has 3 heteroatoms. The van der Waals surface area contributed by atoms with Gasteiger partial charge in [-0.1, -0.05) is 7.89 Å². The molecule has 0 aromatic heterocycles. The van der Waals surface area contributed by atoms with Gasteiger partial charge >= 0.3 is 0 Å². The fraction of sp³-hybridized carbons (Fsp3) is 0. The molecule has 1 unspecified atom stereocenters. The summed E-state index contributed by atoms with van der Waals surface area (Å²) in [4.78, 5) is 0. The van der Waals surface area contributed by atoms with Gasteiger partial charge in [0.25, 0.3) is 0 Å². The van der Waals surface area contributed by atoms with Crippen LogP contribution in [0.5, 0.6) is 0 Å². The van der Waals surface area contributed by atoms with Gasteiger partial charge in [-0.05, 0) is 5.54 Å². The topological polar surface area (TPSA) is 0 Å². The average Bonchev–Trinajstić information content (AvgIpc) is 1.75. The van der Waals surface area contributed by atoms with Gasteiger partial charge < -0.3 is 0 Å². The average molecular weight is 108 g/mol. The highest BCUT2D eigenvalue weighted by Gasteiger charge is 2.00. The predicted molar refractivity (Wildman–Crippen MR) is 28.9 cm³/mol. The second-order valence-corrected chi connectivity index (χ2v) is 6.57. The molecule has 0 fully saturated rings. The first-order chi connectivity index (χ1) is 1.89. The van der Waals surface area contributed by atoms with Crippen molar-refractivity contribution in [2.75, 3.05) is 0 Å². The molecule has 1 heterocycles. The van der Waals surface area contributed by atoms with Crippen LogP contribution in [0.2, 0.25) is 0 Å². The molecule has 22 valence electrons. The van der Waals surface area contributed by atoms with Crippen LogP contribution >= 0.6 is 27.0 Å². The summed E-state index contributed by atoms with van der Waals surface area (Å²) >= 11 is 4.07. The first-order valence-corrected chi connectivity index (χ1v) is 5.15. The predicted octanol–water partition coefficient (Wildman–Crippen LogP) is 1.95. The molecule has 0 radical (unpaired) electrons. The first-order valence-electron chi connectivity index (χ1n) is 0.916. The third-order valence-electron chi connectivity index (χ3n) is 0.219. The molecule has 0 saturated heterocycles. The zero-order valence-electron chi connectivity index (χ0n) is 1.92. The number of thiol groups is 1. The summed E-state index contributed by atoms with van der Waals surface area (Å²) in [6.45, 7) is 0.171. The van der Waals surface area contributed by atoms with E-state index in [1.807, 2.05) is 0 Å². The molecule has 0 aliphatic carbocycles. The monoisotopic (exact) mass is 108 g/mol. The molecule has 0 bridgehead atoms. The summed E-state index contributed by atoms with van der Waals surface area (Å²) in [5.74, 6) is 0. The molecule has 1 aliphatic heterocycles. The van der Waals surface area contributed by atoms with Gasteiger partial charge in [0.1, 0.15) is 0 Å². The van der Waals surface area contributed by atoms with Gasteiger partial charge in [-0.3, -0.25) is 0 Å². The molecule has 0 N–H and O–H groups in total. The van der Waals surface area contributed by atoms with E-state index in [9.17, 15) is 0 Å². The SMILES string of the molecule is SP1C=P1. The quantitative estimate of drug-likeness (QED) is 0.356. The molecule has 1 aliphatic rings. The van der Waals surface area contributed by atoms with Crippen LogP contribution in [0.15, 0.2) is 0 Å². The van der Waals surface area contributed by atoms with Crippen LogP contribution in [0.25, 0.3) is 0 Å². The maximum absolute atomic E-state index is 4.07. The van der Waals surface area contributed by atoms with Gasteiger partial charge in [-0.15, -0.1) is 12.2 Å². The van der Waals surface area contributed by atoms with E-state index < -0.39 is 0 Å². The van der Waals surface area contributed by atoms with E-state index in [4.69, 9.17) is 0 Å². The summed E-state index contributed by atoms with van der Waals surface area (Å²) in [5, 5.41) is 0. The molecule has 4 heavy (non-hydrogen) atoms. The molecular weight excluding hydrogens is 106 g/mol. The largest absolute Gasteiger partial charge is 0.138 e. The Balaban J connectivity index is 2.32. The fourth-order valence-corrected chi connectivity index (χ4v) is 1.87. The Morgan fingerprint density at radius 1 is 2.00 bits per heavy atom. The highest BCUT2D eigenvalue weighted by Crippen LogP contribution is 2.65. The van der Waals surface area contributed by atoms with Crippen LogP contribution in [-0.2, 0) is 0 Å². The van der Waals surface area contributed by atoms with Crippen molar-refractivity contribution in [1.82, 2.24) is 0 Å². The molecule has 1 atom stereocenters. The lowest BCUT2D eigenvalue weighted by atomic mass is 11.9. The standard InChI is InChI=1S/CH2P2S/c4-3-1-2-3/h1,4H. The number of hydrogen-bond acceptors (Lipinski definition) is 1. The van der Waals surface area contributed by atoms with Crippen LogP contribution < -0.4 is 0 Å². The first kappa shape index (κ1) is 3.15. The van der Waals surface area contributed by atoms with Crippen LogP contribution in [-0.4, -0.2) is 5.54 Å². The van der Waals surface area contributed by atoms with Crippen molar-refractivity contribution in [3.05, 3.63) is 0 Å². The lowest BCUT2D eigenvalue weighted by molar-refractivity contribution is 4.50. The summed E-state index contributed by atoms with van der Waals surface area (Å²) in [7, 11) is 1.47. The third kappa shape index (κ3) is 0.719. The zero-order valence-corrected chi connectivity index (χ0v) is 4.60. The van der Waals surface area contributed by atoms with Gasteiger partial charge in [0, 0.05) is 6.81 Å². The van der Waals surface area contributed by atoms with Crippen molar-refractivity contribution in [3.63, 3.8) is 0 Å². The van der Waals surface area contributed by atoms with Crippen molar-refractivity contribution in [2.24, 2.45) is 0 Å². The van der Waals surface area contributed by atoms with Gasteiger partial charge in [0.15, 0.2) is 0 Å². The zero-order chi connectivity index (χ0) is 2.99. The van der Waals surface area contributed by atoms with E-state index in [0.717, 1.165) is 0 Å². The van der Waals surface area contributed by atoms with Crippen LogP contribution in [0, 0.1) is 0 Å². The molecule has 0 spiro atoms. The molecule has 0 nitrogen and oxygen atoms in total. The van der Waals surface area contributed by atoms with Gasteiger partial charge in [-0.25, -0.2) is 0 Å². The number of hydrogen-bond donors (Lipinski definition) is 1. The Morgan fingerprint density at radius 3 is 2.25 bits per heavy atom. The molecule has 0 aromatic carbocycles. The normalized spacial score (nSPS) is 39.8. The Kier molecular flexibility index (Phi) is 0.765. The van der Waals surface area contributed by atoms with E-state index in [0.29, 0.717) is 0 Å². The smallest absolute Gasteiger partial charge is 0.0314 e. The van der Waals surface area contributed by atoms with E-state index in [-0.39, 0.29) is 6.81 Å². The highest BCUT2D eigenvalue weighted by atomic mass is 32.9. The van der Waals surface area contributed by atoms with Crippen LogP contribution in [0.1, 0.15) is 0 Å². The Hall–Kier alpha value is 0.950. The van der Waals surface area contributed by atoms with Crippen LogP contribution in [0.4, 0.5) is 0 Å². The Labute approximate surface area is 33.2 Å². The van der Waals surface area contributed by atoms with E-state index >= 15 is 0 Å². The minimum absolute atomic E-state index is 0.171. The summed E-state index contributed by atoms with van der Waals surface area (Å²) in [5.41, 5.74) is 2.19. The Morgan fingerprint density at radius 2 is 2.25 bits per heavy atom. The van der Waals surface area contributed by atoms with Crippen molar-refractivity contribution in [3.8, 4) is 0 Å². The summed E-state index contributed by atoms with van der Waals surface area (Å²) < 4.78 is 0. The van der Waals surface area contributed by atoms with E-state index in [1.54, 1.807) is 0 Å². The molecule has 0 aromatic rings. The highest BCUT2D eigenvalue weighted by molar-refractivity contribution is 8.81. The minimum Gasteiger partial charge on any atom is -0.138 e. The lowest BCUT2D eigenvalue weighted by Crippen LogP contribution is -1.04. The van der Waals surface area contributed by atoms with Crippen molar-refractivity contribution in [2.45, 2.75) is 0 Å². The second-order valence-electron chi connectivity index (χ2n) is 0.551.